The Labute approximate surface area is 182 Å². The van der Waals surface area contributed by atoms with Crippen molar-refractivity contribution in [3.8, 4) is 5.75 Å². The highest BCUT2D eigenvalue weighted by Crippen LogP contribution is 2.60. The second-order valence-corrected chi connectivity index (χ2v) is 10.8. The highest BCUT2D eigenvalue weighted by Gasteiger charge is 2.44. The quantitative estimate of drug-likeness (QED) is 0.146. The number of likely N-dealkylation sites (N-methyl/N-ethyl adjacent to an activating group) is 1. The summed E-state index contributed by atoms with van der Waals surface area (Å²) in [5.41, 5.74) is 4.42. The van der Waals surface area contributed by atoms with E-state index in [4.69, 9.17) is 15.6 Å². The van der Waals surface area contributed by atoms with Crippen LogP contribution in [0.25, 0.3) is 0 Å². The average molecular weight is 505 g/mol. The molecule has 1 aliphatic rings. The van der Waals surface area contributed by atoms with E-state index >= 15 is 0 Å². The van der Waals surface area contributed by atoms with Crippen LogP contribution in [-0.4, -0.2) is 98.4 Å². The summed E-state index contributed by atoms with van der Waals surface area (Å²) in [6.07, 6.45) is -5.27. The molecule has 2 rings (SSSR count). The molecule has 16 nitrogen and oxygen atoms in total. The molecule has 1 saturated heterocycles. The van der Waals surface area contributed by atoms with Gasteiger partial charge in [-0.15, -0.1) is 0 Å². The van der Waals surface area contributed by atoms with Crippen molar-refractivity contribution in [1.82, 2.24) is 9.55 Å². The Balaban J connectivity index is 2.20. The molecule has 0 radical (unpaired) electrons. The van der Waals surface area contributed by atoms with Crippen LogP contribution in [0, 0.1) is 0 Å². The van der Waals surface area contributed by atoms with Crippen molar-refractivity contribution >= 4 is 21.5 Å². The SMILES string of the molecule is C[N+](C)(C)CCOP(=O)(O)OP(=O)(O)Oc1cn([C@@H]2O[C@H](CO)[C@@H](O)[C@H]2O)c(=O)nc1N. The van der Waals surface area contributed by atoms with Crippen molar-refractivity contribution in [2.45, 2.75) is 24.5 Å². The van der Waals surface area contributed by atoms with Gasteiger partial charge >= 0.3 is 21.3 Å². The monoisotopic (exact) mass is 505 g/mol. The number of aromatic nitrogens is 2. The number of anilines is 1. The number of hydrogen-bond donors (Lipinski definition) is 6. The molecular formula is C14H27N4O12P2+. The lowest BCUT2D eigenvalue weighted by molar-refractivity contribution is -0.870. The van der Waals surface area contributed by atoms with Gasteiger partial charge in [-0.1, -0.05) is 0 Å². The zero-order valence-corrected chi connectivity index (χ0v) is 19.2. The molecule has 2 heterocycles. The summed E-state index contributed by atoms with van der Waals surface area (Å²) in [5.74, 6) is -1.42. The molecule has 1 aromatic rings. The van der Waals surface area contributed by atoms with Crippen LogP contribution in [0.3, 0.4) is 0 Å². The van der Waals surface area contributed by atoms with Gasteiger partial charge in [0.15, 0.2) is 17.8 Å². The third-order valence-electron chi connectivity index (χ3n) is 4.17. The van der Waals surface area contributed by atoms with E-state index in [1.807, 2.05) is 0 Å². The highest BCUT2D eigenvalue weighted by molar-refractivity contribution is 7.61. The van der Waals surface area contributed by atoms with Gasteiger partial charge in [0.2, 0.25) is 0 Å². The van der Waals surface area contributed by atoms with Crippen LogP contribution in [-0.2, 0) is 22.7 Å². The normalized spacial score (nSPS) is 27.6. The van der Waals surface area contributed by atoms with Gasteiger partial charge in [-0.3, -0.25) is 14.0 Å². The van der Waals surface area contributed by atoms with Crippen molar-refractivity contribution in [1.29, 1.82) is 0 Å². The lowest BCUT2D eigenvalue weighted by Crippen LogP contribution is -2.37. The minimum atomic E-state index is -5.33. The molecule has 0 aliphatic carbocycles. The molecule has 2 unspecified atom stereocenters. The first-order valence-electron chi connectivity index (χ1n) is 9.08. The first-order chi connectivity index (χ1) is 14.6. The fraction of sp³-hybridized carbons (Fsp3) is 0.714. The standard InChI is InChI=1S/C14H26N4O12P2/c1-18(2,3)4-5-27-31(23,24)30-32(25,26)29-8-6-17(14(22)16-12(8)15)13-11(21)10(20)9(7-19)28-13/h6,9-11,13,19-21H,4-5,7H2,1-3H3,(H3-,15,16,22,23,24,25,26)/p+1/t9-,10-,11-,13-/m1/s1. The summed E-state index contributed by atoms with van der Waals surface area (Å²) in [5, 5.41) is 29.1. The number of phosphoric acid groups is 2. The first kappa shape index (κ1) is 26.8. The molecule has 7 N–H and O–H groups in total. The Morgan fingerprint density at radius 2 is 1.84 bits per heavy atom. The number of nitrogens with zero attached hydrogens (tertiary/aromatic N) is 3. The number of rotatable bonds is 10. The molecule has 0 bridgehead atoms. The summed E-state index contributed by atoms with van der Waals surface area (Å²) in [7, 11) is -5.01. The third kappa shape index (κ3) is 7.04. The minimum Gasteiger partial charge on any atom is -0.398 e. The van der Waals surface area contributed by atoms with Crippen LogP contribution < -0.4 is 15.9 Å². The first-order valence-corrected chi connectivity index (χ1v) is 12.1. The number of quaternary nitrogens is 1. The second kappa shape index (κ2) is 9.83. The second-order valence-electron chi connectivity index (χ2n) is 7.87. The number of nitrogen functional groups attached to an aromatic ring is 1. The van der Waals surface area contributed by atoms with Crippen molar-refractivity contribution in [2.75, 3.05) is 46.6 Å². The molecule has 0 amide bonds. The summed E-state index contributed by atoms with van der Waals surface area (Å²) >= 11 is 0. The summed E-state index contributed by atoms with van der Waals surface area (Å²) in [6, 6.07) is 0. The number of hydrogen-bond acceptors (Lipinski definition) is 12. The molecule has 1 aliphatic heterocycles. The minimum absolute atomic E-state index is 0.275. The van der Waals surface area contributed by atoms with Crippen molar-refractivity contribution < 1.29 is 56.8 Å². The van der Waals surface area contributed by atoms with Crippen LogP contribution in [0.1, 0.15) is 6.23 Å². The summed E-state index contributed by atoms with van der Waals surface area (Å²) in [6.45, 7) is -0.678. The lowest BCUT2D eigenvalue weighted by atomic mass is 10.1. The zero-order valence-electron chi connectivity index (χ0n) is 17.4. The van der Waals surface area contributed by atoms with Crippen LogP contribution in [0.5, 0.6) is 5.75 Å². The molecule has 0 aromatic carbocycles. The maximum Gasteiger partial charge on any atom is 0.536 e. The molecule has 184 valence electrons. The number of nitrogens with two attached hydrogens (primary N) is 1. The third-order valence-corrected chi connectivity index (χ3v) is 6.76. The molecular weight excluding hydrogens is 478 g/mol. The van der Waals surface area contributed by atoms with Gasteiger partial charge in [0.25, 0.3) is 0 Å². The topological polar surface area (TPSA) is 233 Å². The zero-order chi connectivity index (χ0) is 24.5. The van der Waals surface area contributed by atoms with E-state index in [-0.39, 0.29) is 13.2 Å². The Bertz CT molecular complexity index is 966. The number of aliphatic hydroxyl groups is 3. The van der Waals surface area contributed by atoms with Crippen LogP contribution in [0.2, 0.25) is 0 Å². The van der Waals surface area contributed by atoms with Gasteiger partial charge in [-0.25, -0.2) is 13.9 Å². The lowest BCUT2D eigenvalue weighted by Gasteiger charge is -2.24. The van der Waals surface area contributed by atoms with E-state index in [0.29, 0.717) is 9.05 Å². The van der Waals surface area contributed by atoms with Crippen molar-refractivity contribution in [3.63, 3.8) is 0 Å². The molecule has 18 heteroatoms. The molecule has 0 spiro atoms. The average Bonchev–Trinajstić information content (AvgIpc) is 2.89. The van der Waals surface area contributed by atoms with Crippen molar-refractivity contribution in [2.24, 2.45) is 0 Å². The van der Waals surface area contributed by atoms with E-state index in [1.165, 1.54) is 0 Å². The maximum atomic E-state index is 12.2. The fourth-order valence-electron chi connectivity index (χ4n) is 2.55. The number of aliphatic hydroxyl groups excluding tert-OH is 3. The van der Waals surface area contributed by atoms with Crippen molar-refractivity contribution in [3.05, 3.63) is 16.7 Å². The van der Waals surface area contributed by atoms with Gasteiger partial charge in [0.1, 0.15) is 31.5 Å². The smallest absolute Gasteiger partial charge is 0.398 e. The van der Waals surface area contributed by atoms with E-state index in [2.05, 4.69) is 18.3 Å². The Morgan fingerprint density at radius 3 is 2.38 bits per heavy atom. The number of ether oxygens (including phenoxy) is 1. The van der Waals surface area contributed by atoms with Gasteiger partial charge in [0.05, 0.1) is 33.9 Å². The van der Waals surface area contributed by atoms with E-state index in [0.717, 1.165) is 6.20 Å². The predicted octanol–water partition coefficient (Wildman–Crippen LogP) is -2.24. The molecule has 6 atom stereocenters. The molecule has 0 saturated carbocycles. The maximum absolute atomic E-state index is 12.2. The van der Waals surface area contributed by atoms with Gasteiger partial charge in [-0.2, -0.15) is 9.29 Å². The Morgan fingerprint density at radius 1 is 1.22 bits per heavy atom. The van der Waals surface area contributed by atoms with Crippen LogP contribution in [0.15, 0.2) is 11.0 Å². The fourth-order valence-corrected chi connectivity index (χ4v) is 4.62. The van der Waals surface area contributed by atoms with Gasteiger partial charge < -0.3 is 39.7 Å². The molecule has 1 aromatic heterocycles. The summed E-state index contributed by atoms with van der Waals surface area (Å²) < 4.78 is 43.8. The van der Waals surface area contributed by atoms with Gasteiger partial charge in [0, 0.05) is 0 Å². The van der Waals surface area contributed by atoms with Gasteiger partial charge in [-0.05, 0) is 0 Å². The molecule has 32 heavy (non-hydrogen) atoms. The number of phosphoric ester groups is 2. The van der Waals surface area contributed by atoms with Crippen LogP contribution in [0.4, 0.5) is 5.82 Å². The molecule has 1 fully saturated rings. The van der Waals surface area contributed by atoms with E-state index in [9.17, 15) is 33.9 Å². The van der Waals surface area contributed by atoms with Crippen LogP contribution >= 0.6 is 15.6 Å². The Hall–Kier alpha value is -1.42. The highest BCUT2D eigenvalue weighted by atomic mass is 31.3. The predicted molar refractivity (Wildman–Crippen MR) is 106 cm³/mol. The summed E-state index contributed by atoms with van der Waals surface area (Å²) in [4.78, 5) is 35.0. The Kier molecular flexibility index (Phi) is 8.24. The van der Waals surface area contributed by atoms with E-state index in [1.54, 1.807) is 21.1 Å². The van der Waals surface area contributed by atoms with E-state index < -0.39 is 64.0 Å². The largest absolute Gasteiger partial charge is 0.536 e.